The fraction of sp³-hybridized carbons (Fsp3) is 0.385. The van der Waals surface area contributed by atoms with Crippen LogP contribution in [0.15, 0.2) is 30.3 Å². The predicted octanol–water partition coefficient (Wildman–Crippen LogP) is -3.14. The minimum absolute atomic E-state index is 0. The molecule has 1 fully saturated rings. The number of fused-ring (bicyclic) bond motifs is 1. The number of benzene rings is 1. The predicted molar refractivity (Wildman–Crippen MR) is 59.0 cm³/mol. The normalized spacial score (nSPS) is 21.3. The molecule has 1 nitrogen and oxygen atoms in total. The SMILES string of the molecule is C1=C[CH]([Ti+2][N]2CCCC2)c2ccccc21.[Cl-].[Cl-]. The van der Waals surface area contributed by atoms with Crippen molar-refractivity contribution in [1.82, 2.24) is 3.38 Å². The van der Waals surface area contributed by atoms with Gasteiger partial charge >= 0.3 is 100 Å². The molecule has 0 aromatic heterocycles. The number of allylic oxidation sites excluding steroid dienone is 1. The van der Waals surface area contributed by atoms with Crippen LogP contribution in [0, 0.1) is 0 Å². The quantitative estimate of drug-likeness (QED) is 0.522. The van der Waals surface area contributed by atoms with E-state index in [1.165, 1.54) is 31.5 Å². The van der Waals surface area contributed by atoms with Crippen LogP contribution in [-0.4, -0.2) is 16.5 Å². The van der Waals surface area contributed by atoms with Gasteiger partial charge < -0.3 is 24.8 Å². The first-order valence-electron chi connectivity index (χ1n) is 5.72. The van der Waals surface area contributed by atoms with Crippen LogP contribution in [0.3, 0.4) is 0 Å². The van der Waals surface area contributed by atoms with E-state index in [0.29, 0.717) is 0 Å². The van der Waals surface area contributed by atoms with Crippen molar-refractivity contribution >= 4 is 6.08 Å². The number of hydrogen-bond acceptors (Lipinski definition) is 1. The van der Waals surface area contributed by atoms with E-state index in [-0.39, 0.29) is 44.2 Å². The molecule has 2 aliphatic rings. The Morgan fingerprint density at radius 3 is 2.53 bits per heavy atom. The van der Waals surface area contributed by atoms with E-state index >= 15 is 0 Å². The minimum atomic E-state index is 0. The van der Waals surface area contributed by atoms with Gasteiger partial charge in [0.05, 0.1) is 0 Å². The summed E-state index contributed by atoms with van der Waals surface area (Å²) in [5.41, 5.74) is 3.02. The van der Waals surface area contributed by atoms with Crippen LogP contribution in [-0.2, 0) is 19.4 Å². The van der Waals surface area contributed by atoms with E-state index in [1.807, 2.05) is 0 Å². The number of nitrogens with zero attached hydrogens (tertiary/aromatic N) is 1. The first-order valence-corrected chi connectivity index (χ1v) is 7.32. The average Bonchev–Trinajstić information content (AvgIpc) is 2.89. The summed E-state index contributed by atoms with van der Waals surface area (Å²) in [6.07, 6.45) is 7.56. The largest absolute Gasteiger partial charge is 1.00 e. The fourth-order valence-electron chi connectivity index (χ4n) is 2.40. The van der Waals surface area contributed by atoms with Gasteiger partial charge in [-0.2, -0.15) is 0 Å². The smallest absolute Gasteiger partial charge is 1.00 e. The van der Waals surface area contributed by atoms with Crippen molar-refractivity contribution in [1.29, 1.82) is 0 Å². The molecule has 0 radical (unpaired) electrons. The Morgan fingerprint density at radius 1 is 1.06 bits per heavy atom. The zero-order valence-corrected chi connectivity index (χ0v) is 12.6. The van der Waals surface area contributed by atoms with Gasteiger partial charge in [0.25, 0.3) is 0 Å². The Kier molecular flexibility index (Phi) is 6.26. The molecular formula is C13H15Cl2NTi. The molecule has 0 bridgehead atoms. The molecule has 17 heavy (non-hydrogen) atoms. The molecule has 1 saturated heterocycles. The summed E-state index contributed by atoms with van der Waals surface area (Å²) in [5, 5.41) is 0. The zero-order chi connectivity index (χ0) is 10.1. The summed E-state index contributed by atoms with van der Waals surface area (Å²) in [4.78, 5) is 0. The average molecular weight is 304 g/mol. The van der Waals surface area contributed by atoms with Crippen LogP contribution in [0.25, 0.3) is 6.08 Å². The Hall–Kier alpha value is 0.214. The number of halogens is 2. The first-order chi connectivity index (χ1) is 7.43. The molecule has 1 aromatic carbocycles. The molecule has 4 heteroatoms. The van der Waals surface area contributed by atoms with Crippen molar-refractivity contribution < 1.29 is 44.2 Å². The number of hydrogen-bond donors (Lipinski definition) is 0. The topological polar surface area (TPSA) is 3.24 Å². The van der Waals surface area contributed by atoms with Crippen molar-refractivity contribution in [2.24, 2.45) is 0 Å². The molecule has 1 aliphatic carbocycles. The van der Waals surface area contributed by atoms with E-state index in [1.54, 1.807) is 5.56 Å². The van der Waals surface area contributed by atoms with E-state index in [4.69, 9.17) is 0 Å². The van der Waals surface area contributed by atoms with Crippen molar-refractivity contribution in [3.63, 3.8) is 0 Å². The molecule has 3 rings (SSSR count). The molecule has 0 saturated carbocycles. The summed E-state index contributed by atoms with van der Waals surface area (Å²) < 4.78 is 3.48. The van der Waals surface area contributed by atoms with Crippen molar-refractivity contribution in [3.05, 3.63) is 41.5 Å². The Labute approximate surface area is 125 Å². The summed E-state index contributed by atoms with van der Waals surface area (Å²) in [6, 6.07) is 8.86. The zero-order valence-electron chi connectivity index (χ0n) is 9.57. The van der Waals surface area contributed by atoms with Crippen LogP contribution in [0.1, 0.15) is 28.2 Å². The van der Waals surface area contributed by atoms with Gasteiger partial charge in [0.2, 0.25) is 0 Å². The van der Waals surface area contributed by atoms with Crippen molar-refractivity contribution in [3.8, 4) is 0 Å². The molecule has 1 atom stereocenters. The fourth-order valence-corrected chi connectivity index (χ4v) is 4.83. The monoisotopic (exact) mass is 303 g/mol. The van der Waals surface area contributed by atoms with Gasteiger partial charge in [0.1, 0.15) is 0 Å². The third kappa shape index (κ3) is 3.36. The first kappa shape index (κ1) is 15.3. The maximum absolute atomic E-state index is 2.72. The van der Waals surface area contributed by atoms with Gasteiger partial charge in [0, 0.05) is 0 Å². The van der Waals surface area contributed by atoms with Gasteiger partial charge in [-0.25, -0.2) is 0 Å². The molecule has 1 aromatic rings. The third-order valence-electron chi connectivity index (χ3n) is 3.23. The van der Waals surface area contributed by atoms with Gasteiger partial charge in [-0.05, 0) is 0 Å². The van der Waals surface area contributed by atoms with Crippen molar-refractivity contribution in [2.45, 2.75) is 17.1 Å². The standard InChI is InChI=1S/C9H7.C4H8N.2ClH.Ti/c1-2-5-9-7-3-6-8(9)4-1;1-2-4-5-3-1;;;/h1-7H;1-4H2;2*1H;/q;-1;;;+3/p-2. The Balaban J connectivity index is 0.000000722. The molecule has 90 valence electrons. The van der Waals surface area contributed by atoms with Crippen LogP contribution >= 0.6 is 0 Å². The molecule has 0 N–H and O–H groups in total. The van der Waals surface area contributed by atoms with E-state index in [0.717, 1.165) is 4.22 Å². The minimum Gasteiger partial charge on any atom is -1.00 e. The van der Waals surface area contributed by atoms with Crippen LogP contribution < -0.4 is 24.8 Å². The molecule has 1 aliphatic heterocycles. The maximum atomic E-state index is 2.72. The molecule has 0 spiro atoms. The molecule has 1 unspecified atom stereocenters. The third-order valence-corrected chi connectivity index (χ3v) is 5.72. The summed E-state index contributed by atoms with van der Waals surface area (Å²) >= 11 is 0.0334. The van der Waals surface area contributed by atoms with E-state index < -0.39 is 0 Å². The van der Waals surface area contributed by atoms with E-state index in [2.05, 4.69) is 39.8 Å². The van der Waals surface area contributed by atoms with Crippen LogP contribution in [0.2, 0.25) is 0 Å². The molecule has 1 heterocycles. The van der Waals surface area contributed by atoms with Gasteiger partial charge in [-0.15, -0.1) is 0 Å². The van der Waals surface area contributed by atoms with Gasteiger partial charge in [-0.1, -0.05) is 0 Å². The number of rotatable bonds is 2. The second kappa shape index (κ2) is 6.96. The second-order valence-electron chi connectivity index (χ2n) is 4.29. The Morgan fingerprint density at radius 2 is 1.76 bits per heavy atom. The summed E-state index contributed by atoms with van der Waals surface area (Å²) in [6.45, 7) is 2.71. The van der Waals surface area contributed by atoms with Gasteiger partial charge in [0.15, 0.2) is 0 Å². The van der Waals surface area contributed by atoms with Crippen molar-refractivity contribution in [2.75, 3.05) is 13.1 Å². The second-order valence-corrected chi connectivity index (χ2v) is 6.65. The summed E-state index contributed by atoms with van der Waals surface area (Å²) in [7, 11) is 0. The van der Waals surface area contributed by atoms with E-state index in [9.17, 15) is 0 Å². The van der Waals surface area contributed by atoms with Crippen LogP contribution in [0.5, 0.6) is 0 Å². The summed E-state index contributed by atoms with van der Waals surface area (Å²) in [5.74, 6) is 0. The van der Waals surface area contributed by atoms with Crippen LogP contribution in [0.4, 0.5) is 0 Å². The maximum Gasteiger partial charge on any atom is -1.00 e. The molecular weight excluding hydrogens is 289 g/mol. The molecule has 0 amide bonds. The van der Waals surface area contributed by atoms with Gasteiger partial charge in [-0.3, -0.25) is 0 Å². The Bertz CT molecular complexity index is 389.